The lowest BCUT2D eigenvalue weighted by Crippen LogP contribution is -1.99. The van der Waals surface area contributed by atoms with Crippen LogP contribution in [0.2, 0.25) is 5.02 Å². The Hall–Kier alpha value is -1.59. The van der Waals surface area contributed by atoms with Crippen LogP contribution in [0.25, 0.3) is 11.1 Å². The number of hydrogen-bond acceptors (Lipinski definition) is 3. The molecule has 0 aliphatic rings. The van der Waals surface area contributed by atoms with Crippen molar-refractivity contribution in [3.8, 4) is 11.1 Å². The molecule has 2 rings (SSSR count). The Morgan fingerprint density at radius 2 is 1.84 bits per heavy atom. The molecule has 100 valence electrons. The number of benzene rings is 2. The van der Waals surface area contributed by atoms with E-state index < -0.39 is 15.7 Å². The van der Waals surface area contributed by atoms with Crippen LogP contribution in [0, 0.1) is 5.82 Å². The predicted molar refractivity (Wildman–Crippen MR) is 74.4 cm³/mol. The molecule has 0 aromatic heterocycles. The van der Waals surface area contributed by atoms with Crippen LogP contribution in [0.3, 0.4) is 0 Å². The number of sulfone groups is 1. The first-order valence-electron chi connectivity index (χ1n) is 5.33. The van der Waals surface area contributed by atoms with E-state index in [1.165, 1.54) is 30.3 Å². The third-order valence-corrected chi connectivity index (χ3v) is 3.95. The van der Waals surface area contributed by atoms with Crippen molar-refractivity contribution in [2.45, 2.75) is 4.90 Å². The van der Waals surface area contributed by atoms with E-state index in [4.69, 9.17) is 17.3 Å². The van der Waals surface area contributed by atoms with Gasteiger partial charge in [0.1, 0.15) is 5.82 Å². The Morgan fingerprint density at radius 1 is 1.16 bits per heavy atom. The number of nitrogens with two attached hydrogens (primary N) is 1. The van der Waals surface area contributed by atoms with E-state index in [2.05, 4.69) is 0 Å². The fourth-order valence-corrected chi connectivity index (χ4v) is 2.62. The van der Waals surface area contributed by atoms with Crippen molar-refractivity contribution in [1.29, 1.82) is 0 Å². The van der Waals surface area contributed by atoms with E-state index in [0.29, 0.717) is 11.1 Å². The minimum absolute atomic E-state index is 0.122. The van der Waals surface area contributed by atoms with Gasteiger partial charge in [-0.3, -0.25) is 0 Å². The first-order valence-corrected chi connectivity index (χ1v) is 7.60. The van der Waals surface area contributed by atoms with Crippen LogP contribution in [0.1, 0.15) is 0 Å². The molecular weight excluding hydrogens is 289 g/mol. The molecule has 0 radical (unpaired) electrons. The molecular formula is C13H11ClFNO2S. The van der Waals surface area contributed by atoms with Crippen LogP contribution in [0.5, 0.6) is 0 Å². The quantitative estimate of drug-likeness (QED) is 0.867. The molecule has 0 bridgehead atoms. The van der Waals surface area contributed by atoms with Crippen molar-refractivity contribution >= 4 is 27.1 Å². The Kier molecular flexibility index (Phi) is 3.52. The molecule has 19 heavy (non-hydrogen) atoms. The zero-order valence-electron chi connectivity index (χ0n) is 10.0. The maximum Gasteiger partial charge on any atom is 0.175 e. The first kappa shape index (κ1) is 13.8. The van der Waals surface area contributed by atoms with Gasteiger partial charge in [0.15, 0.2) is 9.84 Å². The zero-order chi connectivity index (χ0) is 14.2. The van der Waals surface area contributed by atoms with Gasteiger partial charge in [0.05, 0.1) is 4.90 Å². The minimum Gasteiger partial charge on any atom is -0.398 e. The van der Waals surface area contributed by atoms with Crippen molar-refractivity contribution in [1.82, 2.24) is 0 Å². The topological polar surface area (TPSA) is 60.2 Å². The first-order chi connectivity index (χ1) is 8.77. The molecule has 2 aromatic carbocycles. The summed E-state index contributed by atoms with van der Waals surface area (Å²) in [7, 11) is -3.32. The number of rotatable bonds is 2. The summed E-state index contributed by atoms with van der Waals surface area (Å²) in [5.41, 5.74) is 7.11. The number of anilines is 1. The highest BCUT2D eigenvalue weighted by atomic mass is 35.5. The summed E-state index contributed by atoms with van der Waals surface area (Å²) in [4.78, 5) is 0.122. The van der Waals surface area contributed by atoms with Gasteiger partial charge in [-0.05, 0) is 35.9 Å². The maximum atomic E-state index is 13.3. The highest BCUT2D eigenvalue weighted by Crippen LogP contribution is 2.30. The average molecular weight is 300 g/mol. The van der Waals surface area contributed by atoms with Crippen molar-refractivity contribution in [3.05, 3.63) is 47.2 Å². The molecule has 0 amide bonds. The van der Waals surface area contributed by atoms with Gasteiger partial charge < -0.3 is 5.73 Å². The summed E-state index contributed by atoms with van der Waals surface area (Å²) in [5, 5.41) is 0.251. The average Bonchev–Trinajstić information content (AvgIpc) is 2.26. The third kappa shape index (κ3) is 3.05. The summed E-state index contributed by atoms with van der Waals surface area (Å²) in [6.07, 6.45) is 1.10. The van der Waals surface area contributed by atoms with Gasteiger partial charge in [0, 0.05) is 22.5 Å². The summed E-state index contributed by atoms with van der Waals surface area (Å²) < 4.78 is 36.1. The van der Waals surface area contributed by atoms with E-state index in [1.807, 2.05) is 0 Å². The lowest BCUT2D eigenvalue weighted by Gasteiger charge is -2.08. The molecule has 6 heteroatoms. The molecule has 3 nitrogen and oxygen atoms in total. The molecule has 0 unspecified atom stereocenters. The fraction of sp³-hybridized carbons (Fsp3) is 0.0769. The van der Waals surface area contributed by atoms with Crippen LogP contribution in [-0.2, 0) is 9.84 Å². The number of halogens is 2. The molecule has 2 aromatic rings. The van der Waals surface area contributed by atoms with E-state index in [-0.39, 0.29) is 15.6 Å². The highest BCUT2D eigenvalue weighted by molar-refractivity contribution is 7.90. The van der Waals surface area contributed by atoms with Crippen LogP contribution in [0.4, 0.5) is 10.1 Å². The highest BCUT2D eigenvalue weighted by Gasteiger charge is 2.11. The van der Waals surface area contributed by atoms with Gasteiger partial charge in [-0.15, -0.1) is 0 Å². The largest absolute Gasteiger partial charge is 0.398 e. The lowest BCUT2D eigenvalue weighted by molar-refractivity contribution is 0.602. The van der Waals surface area contributed by atoms with Crippen molar-refractivity contribution in [3.63, 3.8) is 0 Å². The van der Waals surface area contributed by atoms with Crippen LogP contribution in [-0.4, -0.2) is 14.7 Å². The molecule has 0 aliphatic carbocycles. The van der Waals surface area contributed by atoms with Gasteiger partial charge in [-0.2, -0.15) is 0 Å². The molecule has 0 aliphatic heterocycles. The Morgan fingerprint density at radius 3 is 2.37 bits per heavy atom. The summed E-state index contributed by atoms with van der Waals surface area (Å²) in [6, 6.07) is 8.36. The standard InChI is InChI=1S/C13H11ClFNO2S/c1-19(17,18)11-2-3-12(13(16)7-11)8-4-9(14)6-10(15)5-8/h2-7H,16H2,1H3. The number of hydrogen-bond donors (Lipinski definition) is 1. The van der Waals surface area contributed by atoms with E-state index in [0.717, 1.165) is 6.26 Å². The smallest absolute Gasteiger partial charge is 0.175 e. The van der Waals surface area contributed by atoms with Crippen LogP contribution in [0.15, 0.2) is 41.3 Å². The van der Waals surface area contributed by atoms with Crippen molar-refractivity contribution < 1.29 is 12.8 Å². The minimum atomic E-state index is -3.32. The van der Waals surface area contributed by atoms with Crippen LogP contribution >= 0.6 is 11.6 Å². The van der Waals surface area contributed by atoms with E-state index in [1.54, 1.807) is 6.07 Å². The van der Waals surface area contributed by atoms with Gasteiger partial charge in [0.2, 0.25) is 0 Å². The van der Waals surface area contributed by atoms with Gasteiger partial charge in [-0.25, -0.2) is 12.8 Å². The summed E-state index contributed by atoms with van der Waals surface area (Å²) in [6.45, 7) is 0. The maximum absolute atomic E-state index is 13.3. The SMILES string of the molecule is CS(=O)(=O)c1ccc(-c2cc(F)cc(Cl)c2)c(N)c1. The molecule has 0 saturated heterocycles. The predicted octanol–water partition coefficient (Wildman–Crippen LogP) is 3.13. The fourth-order valence-electron chi connectivity index (χ4n) is 1.74. The second kappa shape index (κ2) is 4.83. The van der Waals surface area contributed by atoms with Crippen molar-refractivity contribution in [2.24, 2.45) is 0 Å². The van der Waals surface area contributed by atoms with E-state index >= 15 is 0 Å². The number of nitrogen functional groups attached to an aromatic ring is 1. The van der Waals surface area contributed by atoms with Gasteiger partial charge in [-0.1, -0.05) is 17.7 Å². The molecule has 0 fully saturated rings. The van der Waals surface area contributed by atoms with E-state index in [9.17, 15) is 12.8 Å². The molecule has 0 spiro atoms. The second-order valence-corrected chi connectivity index (χ2v) is 6.63. The molecule has 0 atom stereocenters. The van der Waals surface area contributed by atoms with Gasteiger partial charge >= 0.3 is 0 Å². The monoisotopic (exact) mass is 299 g/mol. The Bertz CT molecular complexity index is 724. The lowest BCUT2D eigenvalue weighted by atomic mass is 10.0. The Balaban J connectivity index is 2.58. The zero-order valence-corrected chi connectivity index (χ0v) is 11.6. The summed E-state index contributed by atoms with van der Waals surface area (Å²) >= 11 is 5.78. The Labute approximate surface area is 115 Å². The molecule has 0 saturated carbocycles. The van der Waals surface area contributed by atoms with Crippen LogP contribution < -0.4 is 5.73 Å². The second-order valence-electron chi connectivity index (χ2n) is 4.18. The van der Waals surface area contributed by atoms with Gasteiger partial charge in [0.25, 0.3) is 0 Å². The van der Waals surface area contributed by atoms with Crippen molar-refractivity contribution in [2.75, 3.05) is 12.0 Å². The third-order valence-electron chi connectivity index (χ3n) is 2.62. The summed E-state index contributed by atoms with van der Waals surface area (Å²) in [5.74, 6) is -0.478. The molecule has 0 heterocycles. The molecule has 2 N–H and O–H groups in total. The normalized spacial score (nSPS) is 11.5.